The molecule has 1 fully saturated rings. The number of carbonyl (C=O) groups excluding carboxylic acids is 1. The van der Waals surface area contributed by atoms with Crippen LogP contribution in [0.1, 0.15) is 37.7 Å². The highest BCUT2D eigenvalue weighted by atomic mass is 16.6. The fraction of sp³-hybridized carbons (Fsp3) is 0.500. The Morgan fingerprint density at radius 1 is 1.30 bits per heavy atom. The highest BCUT2D eigenvalue weighted by Crippen LogP contribution is 2.26. The van der Waals surface area contributed by atoms with Gasteiger partial charge in [0.05, 0.1) is 11.3 Å². The van der Waals surface area contributed by atoms with Crippen molar-refractivity contribution in [2.24, 2.45) is 5.92 Å². The summed E-state index contributed by atoms with van der Waals surface area (Å²) in [6, 6.07) is 4.92. The molecule has 2 N–H and O–H groups in total. The third-order valence-corrected chi connectivity index (χ3v) is 4.19. The van der Waals surface area contributed by atoms with Gasteiger partial charge in [-0.2, -0.15) is 0 Å². The Balaban J connectivity index is 2.00. The molecular weight excluding hydrogens is 300 g/mol. The number of carboxylic acids is 1. The van der Waals surface area contributed by atoms with Crippen LogP contribution in [0, 0.1) is 16.0 Å². The molecule has 124 valence electrons. The molecule has 7 nitrogen and oxygen atoms in total. The van der Waals surface area contributed by atoms with E-state index in [1.807, 2.05) is 0 Å². The summed E-state index contributed by atoms with van der Waals surface area (Å²) in [7, 11) is 0. The maximum atomic E-state index is 12.1. The van der Waals surface area contributed by atoms with Gasteiger partial charge in [-0.1, -0.05) is 31.4 Å². The van der Waals surface area contributed by atoms with Gasteiger partial charge in [-0.25, -0.2) is 4.79 Å². The lowest BCUT2D eigenvalue weighted by molar-refractivity contribution is -0.384. The second-order valence-corrected chi connectivity index (χ2v) is 5.89. The zero-order valence-corrected chi connectivity index (χ0v) is 12.7. The molecule has 1 atom stereocenters. The van der Waals surface area contributed by atoms with Crippen LogP contribution in [-0.2, 0) is 16.0 Å². The predicted octanol–water partition coefficient (Wildman–Crippen LogP) is 2.29. The first-order chi connectivity index (χ1) is 11.0. The molecule has 0 spiro atoms. The molecule has 1 aliphatic rings. The number of hydrogen-bond donors (Lipinski definition) is 2. The van der Waals surface area contributed by atoms with Gasteiger partial charge in [0.2, 0.25) is 5.91 Å². The Labute approximate surface area is 133 Å². The molecule has 1 aliphatic carbocycles. The first-order valence-corrected chi connectivity index (χ1v) is 7.73. The molecule has 1 aromatic carbocycles. The zero-order valence-electron chi connectivity index (χ0n) is 12.7. The van der Waals surface area contributed by atoms with Crippen LogP contribution in [-0.4, -0.2) is 27.9 Å². The first kappa shape index (κ1) is 16.9. The molecule has 1 saturated carbocycles. The van der Waals surface area contributed by atoms with Gasteiger partial charge in [-0.15, -0.1) is 0 Å². The van der Waals surface area contributed by atoms with Crippen LogP contribution in [0.3, 0.4) is 0 Å². The van der Waals surface area contributed by atoms with Gasteiger partial charge in [0.25, 0.3) is 5.69 Å². The van der Waals surface area contributed by atoms with Crippen molar-refractivity contribution in [3.05, 3.63) is 39.9 Å². The van der Waals surface area contributed by atoms with Gasteiger partial charge < -0.3 is 10.4 Å². The number of carbonyl (C=O) groups is 2. The maximum absolute atomic E-state index is 12.1. The van der Waals surface area contributed by atoms with Crippen molar-refractivity contribution in [3.8, 4) is 0 Å². The molecule has 2 rings (SSSR count). The summed E-state index contributed by atoms with van der Waals surface area (Å²) in [4.78, 5) is 33.7. The van der Waals surface area contributed by atoms with Crippen molar-refractivity contribution >= 4 is 17.6 Å². The number of benzene rings is 1. The van der Waals surface area contributed by atoms with Crippen LogP contribution >= 0.6 is 0 Å². The van der Waals surface area contributed by atoms with E-state index in [9.17, 15) is 24.8 Å². The summed E-state index contributed by atoms with van der Waals surface area (Å²) in [5.74, 6) is -1.50. The van der Waals surface area contributed by atoms with E-state index in [1.54, 1.807) is 6.07 Å². The molecule has 0 radical (unpaired) electrons. The fourth-order valence-corrected chi connectivity index (χ4v) is 3.04. The second kappa shape index (κ2) is 7.71. The lowest BCUT2D eigenvalue weighted by Crippen LogP contribution is -2.47. The number of nitro benzene ring substituents is 1. The van der Waals surface area contributed by atoms with Gasteiger partial charge in [0.15, 0.2) is 0 Å². The van der Waals surface area contributed by atoms with Crippen LogP contribution in [0.4, 0.5) is 5.69 Å². The van der Waals surface area contributed by atoms with Crippen molar-refractivity contribution in [1.29, 1.82) is 0 Å². The molecule has 0 aromatic heterocycles. The topological polar surface area (TPSA) is 110 Å². The van der Waals surface area contributed by atoms with E-state index in [1.165, 1.54) is 18.2 Å². The lowest BCUT2D eigenvalue weighted by atomic mass is 9.84. The number of hydrogen-bond acceptors (Lipinski definition) is 4. The van der Waals surface area contributed by atoms with Crippen LogP contribution in [0.5, 0.6) is 0 Å². The average molecular weight is 320 g/mol. The standard InChI is InChI=1S/C16H20N2O5/c19-14(10-11-5-4-8-13(9-11)18(22)23)17-15(16(20)21)12-6-2-1-3-7-12/h4-5,8-9,12,15H,1-3,6-7,10H2,(H,17,19)(H,20,21)/t15-/m0/s1. The molecule has 1 aromatic rings. The molecule has 0 aliphatic heterocycles. The van der Waals surface area contributed by atoms with Crippen LogP contribution in [0.25, 0.3) is 0 Å². The van der Waals surface area contributed by atoms with Crippen LogP contribution in [0.2, 0.25) is 0 Å². The summed E-state index contributed by atoms with van der Waals surface area (Å²) in [5, 5.41) is 22.7. The number of nitrogens with zero attached hydrogens (tertiary/aromatic N) is 1. The Morgan fingerprint density at radius 2 is 2.00 bits per heavy atom. The zero-order chi connectivity index (χ0) is 16.8. The Bertz CT molecular complexity index is 596. The van der Waals surface area contributed by atoms with Crippen molar-refractivity contribution < 1.29 is 19.6 Å². The van der Waals surface area contributed by atoms with E-state index < -0.39 is 22.8 Å². The summed E-state index contributed by atoms with van der Waals surface area (Å²) in [6.07, 6.45) is 4.59. The van der Waals surface area contributed by atoms with Crippen molar-refractivity contribution in [2.45, 2.75) is 44.6 Å². The summed E-state index contributed by atoms with van der Waals surface area (Å²) in [6.45, 7) is 0. The van der Waals surface area contributed by atoms with Crippen molar-refractivity contribution in [2.75, 3.05) is 0 Å². The van der Waals surface area contributed by atoms with E-state index in [0.29, 0.717) is 5.56 Å². The SMILES string of the molecule is O=C(Cc1cccc([N+](=O)[O-])c1)N[C@H](C(=O)O)C1CCCCC1. The van der Waals surface area contributed by atoms with E-state index in [0.717, 1.165) is 32.1 Å². The molecule has 23 heavy (non-hydrogen) atoms. The smallest absolute Gasteiger partial charge is 0.326 e. The minimum Gasteiger partial charge on any atom is -0.480 e. The van der Waals surface area contributed by atoms with Crippen LogP contribution in [0.15, 0.2) is 24.3 Å². The fourth-order valence-electron chi connectivity index (χ4n) is 3.04. The Kier molecular flexibility index (Phi) is 5.67. The molecule has 0 bridgehead atoms. The van der Waals surface area contributed by atoms with Crippen molar-refractivity contribution in [1.82, 2.24) is 5.32 Å². The second-order valence-electron chi connectivity index (χ2n) is 5.89. The number of amides is 1. The molecule has 0 heterocycles. The normalized spacial score (nSPS) is 16.5. The monoisotopic (exact) mass is 320 g/mol. The first-order valence-electron chi connectivity index (χ1n) is 7.73. The van der Waals surface area contributed by atoms with E-state index in [2.05, 4.69) is 5.32 Å². The molecular formula is C16H20N2O5. The average Bonchev–Trinajstić information content (AvgIpc) is 2.53. The molecule has 1 amide bonds. The predicted molar refractivity (Wildman–Crippen MR) is 82.9 cm³/mol. The largest absolute Gasteiger partial charge is 0.480 e. The minimum atomic E-state index is -1.02. The number of aliphatic carboxylic acids is 1. The van der Waals surface area contributed by atoms with Crippen LogP contribution < -0.4 is 5.32 Å². The number of nitro groups is 1. The van der Waals surface area contributed by atoms with Gasteiger partial charge in [0, 0.05) is 12.1 Å². The van der Waals surface area contributed by atoms with Gasteiger partial charge >= 0.3 is 5.97 Å². The summed E-state index contributed by atoms with van der Waals surface area (Å²) < 4.78 is 0. The number of nitrogens with one attached hydrogen (secondary N) is 1. The van der Waals surface area contributed by atoms with Gasteiger partial charge in [0.1, 0.15) is 6.04 Å². The summed E-state index contributed by atoms with van der Waals surface area (Å²) in [5.41, 5.74) is 0.404. The maximum Gasteiger partial charge on any atom is 0.326 e. The Morgan fingerprint density at radius 3 is 2.61 bits per heavy atom. The highest BCUT2D eigenvalue weighted by Gasteiger charge is 2.30. The quantitative estimate of drug-likeness (QED) is 0.617. The lowest BCUT2D eigenvalue weighted by Gasteiger charge is -2.28. The number of rotatable bonds is 6. The molecule has 0 saturated heterocycles. The van der Waals surface area contributed by atoms with Gasteiger partial charge in [-0.3, -0.25) is 14.9 Å². The minimum absolute atomic E-state index is 0.0460. The molecule has 7 heteroatoms. The third-order valence-electron chi connectivity index (χ3n) is 4.19. The van der Waals surface area contributed by atoms with Crippen molar-refractivity contribution in [3.63, 3.8) is 0 Å². The van der Waals surface area contributed by atoms with Gasteiger partial charge in [-0.05, 0) is 24.3 Å². The van der Waals surface area contributed by atoms with E-state index in [-0.39, 0.29) is 18.0 Å². The number of carboxylic acid groups (broad SMARTS) is 1. The molecule has 0 unspecified atom stereocenters. The number of non-ortho nitro benzene ring substituents is 1. The highest BCUT2D eigenvalue weighted by molar-refractivity contribution is 5.85. The van der Waals surface area contributed by atoms with E-state index in [4.69, 9.17) is 0 Å². The Hall–Kier alpha value is -2.44. The summed E-state index contributed by atoms with van der Waals surface area (Å²) >= 11 is 0. The van der Waals surface area contributed by atoms with E-state index >= 15 is 0 Å². The third kappa shape index (κ3) is 4.77.